The molecule has 3 aromatic rings. The van der Waals surface area contributed by atoms with Gasteiger partial charge in [-0.1, -0.05) is 23.7 Å². The molecule has 0 unspecified atom stereocenters. The molecule has 0 spiro atoms. The van der Waals surface area contributed by atoms with Crippen LogP contribution in [0, 0.1) is 6.92 Å². The van der Waals surface area contributed by atoms with E-state index in [-0.39, 0.29) is 11.5 Å². The van der Waals surface area contributed by atoms with E-state index in [1.807, 2.05) is 25.1 Å². The topological polar surface area (TPSA) is 62.0 Å². The van der Waals surface area contributed by atoms with Crippen molar-refractivity contribution in [2.45, 2.75) is 13.8 Å². The largest absolute Gasteiger partial charge is 0.326 e. The third-order valence-electron chi connectivity index (χ3n) is 3.76. The molecule has 3 rings (SSSR count). The van der Waals surface area contributed by atoms with Crippen LogP contribution < -0.4 is 10.9 Å². The number of carbonyl (C=O) groups is 1. The second-order valence-corrected chi connectivity index (χ2v) is 5.83. The van der Waals surface area contributed by atoms with E-state index in [1.165, 1.54) is 13.0 Å². The summed E-state index contributed by atoms with van der Waals surface area (Å²) in [6.45, 7) is 3.45. The van der Waals surface area contributed by atoms with Crippen LogP contribution in [0.15, 0.2) is 47.3 Å². The van der Waals surface area contributed by atoms with Gasteiger partial charge in [-0.25, -0.2) is 0 Å². The van der Waals surface area contributed by atoms with Crippen LogP contribution in [0.4, 0.5) is 5.69 Å². The highest BCUT2D eigenvalue weighted by Crippen LogP contribution is 2.35. The molecule has 1 amide bonds. The maximum atomic E-state index is 11.4. The molecule has 4 nitrogen and oxygen atoms in total. The van der Waals surface area contributed by atoms with E-state index < -0.39 is 0 Å². The van der Waals surface area contributed by atoms with Gasteiger partial charge >= 0.3 is 0 Å². The average Bonchev–Trinajstić information content (AvgIpc) is 2.48. The number of aryl methyl sites for hydroxylation is 1. The second-order valence-electron chi connectivity index (χ2n) is 5.39. The first-order chi connectivity index (χ1) is 11.0. The molecular weight excluding hydrogens is 312 g/mol. The third-order valence-corrected chi connectivity index (χ3v) is 3.99. The first-order valence-electron chi connectivity index (χ1n) is 7.16. The van der Waals surface area contributed by atoms with Crippen molar-refractivity contribution in [1.82, 2.24) is 4.98 Å². The van der Waals surface area contributed by atoms with Crippen molar-refractivity contribution < 1.29 is 4.79 Å². The van der Waals surface area contributed by atoms with Crippen molar-refractivity contribution in [3.63, 3.8) is 0 Å². The molecule has 2 N–H and O–H groups in total. The van der Waals surface area contributed by atoms with E-state index in [0.29, 0.717) is 10.7 Å². The Kier molecular flexibility index (Phi) is 3.92. The number of aromatic amines is 1. The van der Waals surface area contributed by atoms with Crippen LogP contribution in [0.25, 0.3) is 22.0 Å². The summed E-state index contributed by atoms with van der Waals surface area (Å²) in [5, 5.41) is 4.34. The smallest absolute Gasteiger partial charge is 0.248 e. The third kappa shape index (κ3) is 2.98. The Morgan fingerprint density at radius 1 is 1.09 bits per heavy atom. The number of aromatic nitrogens is 1. The molecule has 5 heteroatoms. The van der Waals surface area contributed by atoms with E-state index in [0.717, 1.165) is 27.6 Å². The zero-order valence-corrected chi connectivity index (χ0v) is 13.5. The fourth-order valence-electron chi connectivity index (χ4n) is 2.72. The van der Waals surface area contributed by atoms with Gasteiger partial charge in [0, 0.05) is 34.5 Å². The van der Waals surface area contributed by atoms with Gasteiger partial charge in [-0.3, -0.25) is 9.59 Å². The van der Waals surface area contributed by atoms with Crippen LogP contribution >= 0.6 is 11.6 Å². The summed E-state index contributed by atoms with van der Waals surface area (Å²) < 4.78 is 0. The van der Waals surface area contributed by atoms with Gasteiger partial charge < -0.3 is 10.3 Å². The van der Waals surface area contributed by atoms with Crippen molar-refractivity contribution in [2.24, 2.45) is 0 Å². The highest BCUT2D eigenvalue weighted by molar-refractivity contribution is 6.31. The Labute approximate surface area is 138 Å². The lowest BCUT2D eigenvalue weighted by Crippen LogP contribution is -2.07. The summed E-state index contributed by atoms with van der Waals surface area (Å²) in [6.07, 6.45) is 0. The average molecular weight is 327 g/mol. The Morgan fingerprint density at radius 2 is 1.83 bits per heavy atom. The molecule has 0 aliphatic rings. The first kappa shape index (κ1) is 15.3. The molecule has 0 aliphatic carbocycles. The number of amides is 1. The highest BCUT2D eigenvalue weighted by atomic mass is 35.5. The molecule has 23 heavy (non-hydrogen) atoms. The van der Waals surface area contributed by atoms with Crippen LogP contribution in [-0.4, -0.2) is 10.9 Å². The molecule has 0 saturated carbocycles. The minimum Gasteiger partial charge on any atom is -0.326 e. The second kappa shape index (κ2) is 5.89. The summed E-state index contributed by atoms with van der Waals surface area (Å²) in [6, 6.07) is 12.5. The van der Waals surface area contributed by atoms with Crippen molar-refractivity contribution in [2.75, 3.05) is 5.32 Å². The first-order valence-corrected chi connectivity index (χ1v) is 7.53. The Morgan fingerprint density at radius 3 is 2.57 bits per heavy atom. The van der Waals surface area contributed by atoms with Crippen LogP contribution in [0.5, 0.6) is 0 Å². The summed E-state index contributed by atoms with van der Waals surface area (Å²) in [5.41, 5.74) is 4.20. The quantitative estimate of drug-likeness (QED) is 0.744. The SMILES string of the molecule is CC(=O)Nc1cc(Cl)ccc1-c1ccc2[nH]c(=O)ccc2c1C. The lowest BCUT2D eigenvalue weighted by Gasteiger charge is -2.14. The number of fused-ring (bicyclic) bond motifs is 1. The summed E-state index contributed by atoms with van der Waals surface area (Å²) in [4.78, 5) is 25.7. The molecule has 0 atom stereocenters. The number of pyridine rings is 1. The number of nitrogens with one attached hydrogen (secondary N) is 2. The van der Waals surface area contributed by atoms with Crippen molar-refractivity contribution in [1.29, 1.82) is 0 Å². The molecule has 1 heterocycles. The number of hydrogen-bond acceptors (Lipinski definition) is 2. The Bertz CT molecular complexity index is 976. The van der Waals surface area contributed by atoms with Gasteiger partial charge in [0.2, 0.25) is 11.5 Å². The van der Waals surface area contributed by atoms with Crippen molar-refractivity contribution in [3.05, 3.63) is 63.4 Å². The van der Waals surface area contributed by atoms with Gasteiger partial charge in [-0.05, 0) is 42.3 Å². The van der Waals surface area contributed by atoms with Gasteiger partial charge in [-0.15, -0.1) is 0 Å². The van der Waals surface area contributed by atoms with Gasteiger partial charge in [0.05, 0.1) is 5.69 Å². The summed E-state index contributed by atoms with van der Waals surface area (Å²) in [7, 11) is 0. The predicted octanol–water partition coefficient (Wildman–Crippen LogP) is 4.12. The van der Waals surface area contributed by atoms with E-state index in [9.17, 15) is 9.59 Å². The predicted molar refractivity (Wildman–Crippen MR) is 94.1 cm³/mol. The Balaban J connectivity index is 2.24. The van der Waals surface area contributed by atoms with E-state index in [4.69, 9.17) is 11.6 Å². The van der Waals surface area contributed by atoms with Crippen LogP contribution in [0.1, 0.15) is 12.5 Å². The van der Waals surface area contributed by atoms with E-state index in [2.05, 4.69) is 10.3 Å². The van der Waals surface area contributed by atoms with E-state index in [1.54, 1.807) is 18.2 Å². The normalized spacial score (nSPS) is 10.7. The fraction of sp³-hybridized carbons (Fsp3) is 0.111. The zero-order chi connectivity index (χ0) is 16.6. The maximum Gasteiger partial charge on any atom is 0.248 e. The molecule has 0 radical (unpaired) electrons. The lowest BCUT2D eigenvalue weighted by atomic mass is 9.95. The highest BCUT2D eigenvalue weighted by Gasteiger charge is 2.12. The van der Waals surface area contributed by atoms with Crippen LogP contribution in [0.2, 0.25) is 5.02 Å². The number of anilines is 1. The monoisotopic (exact) mass is 326 g/mol. The van der Waals surface area contributed by atoms with Gasteiger partial charge in [0.25, 0.3) is 0 Å². The minimum atomic E-state index is -0.156. The Hall–Kier alpha value is -2.59. The minimum absolute atomic E-state index is 0.130. The van der Waals surface area contributed by atoms with Crippen molar-refractivity contribution in [3.8, 4) is 11.1 Å². The van der Waals surface area contributed by atoms with Crippen LogP contribution in [-0.2, 0) is 4.79 Å². The van der Waals surface area contributed by atoms with Gasteiger partial charge in [0.1, 0.15) is 0 Å². The number of rotatable bonds is 2. The lowest BCUT2D eigenvalue weighted by molar-refractivity contribution is -0.114. The number of hydrogen-bond donors (Lipinski definition) is 2. The summed E-state index contributed by atoms with van der Waals surface area (Å²) >= 11 is 6.05. The molecule has 116 valence electrons. The molecule has 1 aromatic heterocycles. The van der Waals surface area contributed by atoms with E-state index >= 15 is 0 Å². The zero-order valence-electron chi connectivity index (χ0n) is 12.7. The summed E-state index contributed by atoms with van der Waals surface area (Å²) in [5.74, 6) is -0.156. The molecule has 0 fully saturated rings. The molecule has 0 aliphatic heterocycles. The fourth-order valence-corrected chi connectivity index (χ4v) is 2.89. The molecular formula is C18H15ClN2O2. The number of halogens is 1. The number of H-pyrrole nitrogens is 1. The van der Waals surface area contributed by atoms with Crippen molar-refractivity contribution >= 4 is 34.1 Å². The standard InChI is InChI=1S/C18H15ClN2O2/c1-10-13(5-7-16-14(10)6-8-18(23)21-16)15-4-3-12(19)9-17(15)20-11(2)22/h3-9H,1-2H3,(H,20,22)(H,21,23). The number of carbonyl (C=O) groups excluding carboxylic acids is 1. The number of benzene rings is 2. The molecule has 0 saturated heterocycles. The van der Waals surface area contributed by atoms with Gasteiger partial charge in [0.15, 0.2) is 0 Å². The molecule has 2 aromatic carbocycles. The molecule has 0 bridgehead atoms. The van der Waals surface area contributed by atoms with Gasteiger partial charge in [-0.2, -0.15) is 0 Å². The van der Waals surface area contributed by atoms with Crippen LogP contribution in [0.3, 0.4) is 0 Å². The maximum absolute atomic E-state index is 11.4.